The van der Waals surface area contributed by atoms with Gasteiger partial charge in [-0.25, -0.2) is 0 Å². The summed E-state index contributed by atoms with van der Waals surface area (Å²) in [5.41, 5.74) is 1.27. The zero-order valence-corrected chi connectivity index (χ0v) is 10.2. The number of hydrogen-bond acceptors (Lipinski definition) is 2. The van der Waals surface area contributed by atoms with E-state index in [9.17, 15) is 0 Å². The molecular formula is C13H25NO. The van der Waals surface area contributed by atoms with Crippen molar-refractivity contribution in [1.29, 1.82) is 0 Å². The highest BCUT2D eigenvalue weighted by atomic mass is 16.5. The Labute approximate surface area is 94.1 Å². The number of nitrogens with one attached hydrogen (secondary N) is 1. The molecule has 1 aliphatic heterocycles. The van der Waals surface area contributed by atoms with E-state index in [1.807, 2.05) is 0 Å². The normalized spacial score (nSPS) is 23.7. The van der Waals surface area contributed by atoms with E-state index >= 15 is 0 Å². The van der Waals surface area contributed by atoms with Gasteiger partial charge < -0.3 is 10.1 Å². The summed E-state index contributed by atoms with van der Waals surface area (Å²) in [5.74, 6) is 0. The van der Waals surface area contributed by atoms with Crippen molar-refractivity contribution in [2.24, 2.45) is 0 Å². The minimum absolute atomic E-state index is 0.429. The molecule has 0 bridgehead atoms. The van der Waals surface area contributed by atoms with Crippen LogP contribution in [0.4, 0.5) is 0 Å². The third-order valence-electron chi connectivity index (χ3n) is 3.01. The van der Waals surface area contributed by atoms with Crippen LogP contribution in [0, 0.1) is 0 Å². The Morgan fingerprint density at radius 3 is 2.87 bits per heavy atom. The first-order chi connectivity index (χ1) is 7.24. The van der Waals surface area contributed by atoms with E-state index in [0.717, 1.165) is 26.0 Å². The molecule has 0 aromatic heterocycles. The number of hydrogen-bond donors (Lipinski definition) is 1. The van der Waals surface area contributed by atoms with Crippen LogP contribution < -0.4 is 5.32 Å². The fourth-order valence-electron chi connectivity index (χ4n) is 2.17. The molecule has 1 heterocycles. The molecule has 0 amide bonds. The summed E-state index contributed by atoms with van der Waals surface area (Å²) in [7, 11) is 0. The van der Waals surface area contributed by atoms with Crippen molar-refractivity contribution in [2.45, 2.75) is 58.1 Å². The third kappa shape index (κ3) is 4.80. The van der Waals surface area contributed by atoms with Gasteiger partial charge >= 0.3 is 0 Å². The minimum Gasteiger partial charge on any atom is -0.377 e. The fraction of sp³-hybridized carbons (Fsp3) is 0.846. The molecule has 2 atom stereocenters. The molecule has 15 heavy (non-hydrogen) atoms. The molecule has 1 aliphatic rings. The highest BCUT2D eigenvalue weighted by Crippen LogP contribution is 2.19. The lowest BCUT2D eigenvalue weighted by atomic mass is 9.97. The maximum absolute atomic E-state index is 5.83. The molecule has 1 N–H and O–H groups in total. The van der Waals surface area contributed by atoms with Crippen molar-refractivity contribution in [3.63, 3.8) is 0 Å². The van der Waals surface area contributed by atoms with Gasteiger partial charge in [-0.05, 0) is 45.6 Å². The van der Waals surface area contributed by atoms with E-state index in [4.69, 9.17) is 4.74 Å². The van der Waals surface area contributed by atoms with Crippen LogP contribution in [0.2, 0.25) is 0 Å². The monoisotopic (exact) mass is 211 g/mol. The summed E-state index contributed by atoms with van der Waals surface area (Å²) in [4.78, 5) is 0. The molecule has 2 unspecified atom stereocenters. The molecule has 2 nitrogen and oxygen atoms in total. The van der Waals surface area contributed by atoms with Crippen LogP contribution in [0.3, 0.4) is 0 Å². The Morgan fingerprint density at radius 1 is 1.53 bits per heavy atom. The zero-order chi connectivity index (χ0) is 11.1. The summed E-state index contributed by atoms with van der Waals surface area (Å²) >= 11 is 0. The lowest BCUT2D eigenvalue weighted by Crippen LogP contribution is -2.42. The SMILES string of the molecule is C=C(C)CCC(NCC)C1CCCCO1. The molecule has 0 spiro atoms. The Bertz CT molecular complexity index is 185. The van der Waals surface area contributed by atoms with Crippen LogP contribution >= 0.6 is 0 Å². The van der Waals surface area contributed by atoms with Crippen LogP contribution in [0.5, 0.6) is 0 Å². The molecule has 88 valence electrons. The van der Waals surface area contributed by atoms with E-state index < -0.39 is 0 Å². The standard InChI is InChI=1S/C13H25NO/c1-4-14-12(9-8-11(2)3)13-7-5-6-10-15-13/h12-14H,2,4-10H2,1,3H3. The molecular weight excluding hydrogens is 186 g/mol. The maximum Gasteiger partial charge on any atom is 0.0728 e. The molecule has 1 saturated heterocycles. The molecule has 1 rings (SSSR count). The van der Waals surface area contributed by atoms with Gasteiger partial charge in [0.2, 0.25) is 0 Å². The second-order valence-electron chi connectivity index (χ2n) is 4.56. The summed E-state index contributed by atoms with van der Waals surface area (Å²) in [5, 5.41) is 3.54. The van der Waals surface area contributed by atoms with E-state index in [1.54, 1.807) is 0 Å². The van der Waals surface area contributed by atoms with Gasteiger partial charge in [-0.3, -0.25) is 0 Å². The first kappa shape index (κ1) is 12.7. The van der Waals surface area contributed by atoms with Crippen LogP contribution in [0.1, 0.15) is 46.0 Å². The second kappa shape index (κ2) is 7.02. The zero-order valence-electron chi connectivity index (χ0n) is 10.2. The van der Waals surface area contributed by atoms with Crippen molar-refractivity contribution in [2.75, 3.05) is 13.2 Å². The predicted octanol–water partition coefficient (Wildman–Crippen LogP) is 2.89. The number of ether oxygens (including phenoxy) is 1. The Morgan fingerprint density at radius 2 is 2.33 bits per heavy atom. The van der Waals surface area contributed by atoms with Gasteiger partial charge in [0.25, 0.3) is 0 Å². The van der Waals surface area contributed by atoms with Crippen LogP contribution in [-0.4, -0.2) is 25.3 Å². The average molecular weight is 211 g/mol. The second-order valence-corrected chi connectivity index (χ2v) is 4.56. The average Bonchev–Trinajstić information content (AvgIpc) is 2.25. The van der Waals surface area contributed by atoms with Crippen LogP contribution in [0.25, 0.3) is 0 Å². The van der Waals surface area contributed by atoms with Crippen molar-refractivity contribution >= 4 is 0 Å². The molecule has 0 aromatic carbocycles. The fourth-order valence-corrected chi connectivity index (χ4v) is 2.17. The van der Waals surface area contributed by atoms with Crippen LogP contribution in [-0.2, 0) is 4.74 Å². The molecule has 0 saturated carbocycles. The van der Waals surface area contributed by atoms with Crippen molar-refractivity contribution < 1.29 is 4.74 Å². The maximum atomic E-state index is 5.83. The molecule has 0 radical (unpaired) electrons. The summed E-state index contributed by atoms with van der Waals surface area (Å²) in [6, 6.07) is 0.520. The Balaban J connectivity index is 2.36. The minimum atomic E-state index is 0.429. The Hall–Kier alpha value is -0.340. The number of likely N-dealkylation sites (N-methyl/N-ethyl adjacent to an activating group) is 1. The van der Waals surface area contributed by atoms with Gasteiger partial charge in [0.15, 0.2) is 0 Å². The van der Waals surface area contributed by atoms with Crippen molar-refractivity contribution in [3.05, 3.63) is 12.2 Å². The van der Waals surface area contributed by atoms with Gasteiger partial charge in [0, 0.05) is 12.6 Å². The summed E-state index contributed by atoms with van der Waals surface area (Å²) < 4.78 is 5.83. The van der Waals surface area contributed by atoms with E-state index in [-0.39, 0.29) is 0 Å². The van der Waals surface area contributed by atoms with Gasteiger partial charge in [0.05, 0.1) is 6.10 Å². The van der Waals surface area contributed by atoms with Crippen LogP contribution in [0.15, 0.2) is 12.2 Å². The highest BCUT2D eigenvalue weighted by Gasteiger charge is 2.23. The van der Waals surface area contributed by atoms with Gasteiger partial charge in [0.1, 0.15) is 0 Å². The smallest absolute Gasteiger partial charge is 0.0728 e. The van der Waals surface area contributed by atoms with E-state index in [2.05, 4.69) is 25.7 Å². The molecule has 0 aromatic rings. The quantitative estimate of drug-likeness (QED) is 0.682. The first-order valence-corrected chi connectivity index (χ1v) is 6.23. The molecule has 0 aliphatic carbocycles. The summed E-state index contributed by atoms with van der Waals surface area (Å²) in [6.07, 6.45) is 6.47. The van der Waals surface area contributed by atoms with E-state index in [1.165, 1.54) is 24.8 Å². The number of allylic oxidation sites excluding steroid dienone is 1. The first-order valence-electron chi connectivity index (χ1n) is 6.23. The van der Waals surface area contributed by atoms with Crippen molar-refractivity contribution in [1.82, 2.24) is 5.32 Å². The molecule has 2 heteroatoms. The lowest BCUT2D eigenvalue weighted by molar-refractivity contribution is -0.00883. The van der Waals surface area contributed by atoms with E-state index in [0.29, 0.717) is 12.1 Å². The topological polar surface area (TPSA) is 21.3 Å². The van der Waals surface area contributed by atoms with Gasteiger partial charge in [-0.1, -0.05) is 12.5 Å². The largest absolute Gasteiger partial charge is 0.377 e. The predicted molar refractivity (Wildman–Crippen MR) is 65.1 cm³/mol. The highest BCUT2D eigenvalue weighted by molar-refractivity contribution is 4.91. The molecule has 1 fully saturated rings. The lowest BCUT2D eigenvalue weighted by Gasteiger charge is -2.31. The Kier molecular flexibility index (Phi) is 5.96. The van der Waals surface area contributed by atoms with Gasteiger partial charge in [-0.15, -0.1) is 6.58 Å². The van der Waals surface area contributed by atoms with Gasteiger partial charge in [-0.2, -0.15) is 0 Å². The number of rotatable bonds is 6. The summed E-state index contributed by atoms with van der Waals surface area (Å²) in [6.45, 7) is 10.2. The van der Waals surface area contributed by atoms with Crippen molar-refractivity contribution in [3.8, 4) is 0 Å². The third-order valence-corrected chi connectivity index (χ3v) is 3.01.